The predicted octanol–water partition coefficient (Wildman–Crippen LogP) is 2.78. The van der Waals surface area contributed by atoms with Crippen LogP contribution in [-0.2, 0) is 11.3 Å². The van der Waals surface area contributed by atoms with E-state index in [4.69, 9.17) is 5.26 Å². The Kier molecular flexibility index (Phi) is 6.37. The Bertz CT molecular complexity index is 975. The van der Waals surface area contributed by atoms with E-state index in [1.807, 2.05) is 24.3 Å². The molecular formula is C22H21FN4O2. The Morgan fingerprint density at radius 2 is 1.93 bits per heavy atom. The fourth-order valence-corrected chi connectivity index (χ4v) is 3.27. The molecule has 3 rings (SSSR count). The van der Waals surface area contributed by atoms with Crippen LogP contribution in [0.4, 0.5) is 10.1 Å². The first-order chi connectivity index (χ1) is 14.0. The van der Waals surface area contributed by atoms with E-state index in [2.05, 4.69) is 16.8 Å². The van der Waals surface area contributed by atoms with E-state index < -0.39 is 11.7 Å². The zero-order chi connectivity index (χ0) is 20.8. The second-order valence-electron chi connectivity index (χ2n) is 6.76. The molecule has 29 heavy (non-hydrogen) atoms. The van der Waals surface area contributed by atoms with Crippen molar-refractivity contribution in [2.75, 3.05) is 31.5 Å². The highest BCUT2D eigenvalue weighted by Gasteiger charge is 2.19. The zero-order valence-electron chi connectivity index (χ0n) is 15.9. The Balaban J connectivity index is 1.63. The van der Waals surface area contributed by atoms with Crippen molar-refractivity contribution in [1.29, 1.82) is 5.26 Å². The number of nitrogens with one attached hydrogen (secondary N) is 1. The van der Waals surface area contributed by atoms with Gasteiger partial charge in [0.2, 0.25) is 5.91 Å². The van der Waals surface area contributed by atoms with Gasteiger partial charge in [0.15, 0.2) is 0 Å². The van der Waals surface area contributed by atoms with E-state index in [1.54, 1.807) is 11.0 Å². The number of halogens is 1. The van der Waals surface area contributed by atoms with E-state index >= 15 is 0 Å². The SMILES string of the molecule is C=CC(=O)N1CCN(Cc2cccc(NC(=O)c3ccc(F)cc3C#N)c2)CC1. The second-order valence-corrected chi connectivity index (χ2v) is 6.76. The average molecular weight is 392 g/mol. The Morgan fingerprint density at radius 1 is 1.17 bits per heavy atom. The van der Waals surface area contributed by atoms with Crippen molar-refractivity contribution in [2.24, 2.45) is 0 Å². The van der Waals surface area contributed by atoms with Crippen LogP contribution in [-0.4, -0.2) is 47.8 Å². The van der Waals surface area contributed by atoms with Gasteiger partial charge < -0.3 is 10.2 Å². The lowest BCUT2D eigenvalue weighted by molar-refractivity contribution is -0.127. The molecule has 1 aliphatic rings. The van der Waals surface area contributed by atoms with Crippen LogP contribution >= 0.6 is 0 Å². The fraction of sp³-hybridized carbons (Fsp3) is 0.227. The van der Waals surface area contributed by atoms with E-state index in [9.17, 15) is 14.0 Å². The van der Waals surface area contributed by atoms with E-state index in [0.717, 1.165) is 30.8 Å². The number of anilines is 1. The number of carbonyl (C=O) groups excluding carboxylic acids is 2. The monoisotopic (exact) mass is 392 g/mol. The first kappa shape index (κ1) is 20.2. The standard InChI is InChI=1S/C22H21FN4O2/c1-2-21(28)27-10-8-26(9-11-27)15-16-4-3-5-19(12-16)25-22(29)20-7-6-18(23)13-17(20)14-24/h2-7,12-13H,1,8-11,15H2,(H,25,29). The molecule has 1 N–H and O–H groups in total. The molecule has 1 saturated heterocycles. The number of piperazine rings is 1. The van der Waals surface area contributed by atoms with E-state index in [-0.39, 0.29) is 17.0 Å². The molecule has 1 fully saturated rings. The smallest absolute Gasteiger partial charge is 0.257 e. The number of amides is 2. The molecule has 0 saturated carbocycles. The van der Waals surface area contributed by atoms with Gasteiger partial charge in [0, 0.05) is 38.4 Å². The van der Waals surface area contributed by atoms with Gasteiger partial charge in [0.05, 0.1) is 11.1 Å². The first-order valence-corrected chi connectivity index (χ1v) is 9.24. The third kappa shape index (κ3) is 5.06. The lowest BCUT2D eigenvalue weighted by Crippen LogP contribution is -2.47. The van der Waals surface area contributed by atoms with Gasteiger partial charge in [-0.3, -0.25) is 14.5 Å². The summed E-state index contributed by atoms with van der Waals surface area (Å²) >= 11 is 0. The van der Waals surface area contributed by atoms with Gasteiger partial charge >= 0.3 is 0 Å². The van der Waals surface area contributed by atoms with Crippen molar-refractivity contribution in [3.63, 3.8) is 0 Å². The maximum Gasteiger partial charge on any atom is 0.257 e. The summed E-state index contributed by atoms with van der Waals surface area (Å²) in [6, 6.07) is 12.8. The molecule has 2 aromatic rings. The molecule has 0 aromatic heterocycles. The van der Waals surface area contributed by atoms with Crippen molar-refractivity contribution in [3.05, 3.63) is 77.6 Å². The van der Waals surface area contributed by atoms with Crippen LogP contribution in [0.25, 0.3) is 0 Å². The maximum atomic E-state index is 13.3. The molecule has 7 heteroatoms. The Labute approximate surface area is 168 Å². The Morgan fingerprint density at radius 3 is 2.62 bits per heavy atom. The molecule has 148 valence electrons. The number of hydrogen-bond donors (Lipinski definition) is 1. The predicted molar refractivity (Wildman–Crippen MR) is 108 cm³/mol. The molecule has 2 amide bonds. The van der Waals surface area contributed by atoms with Crippen molar-refractivity contribution < 1.29 is 14.0 Å². The molecule has 0 atom stereocenters. The van der Waals surface area contributed by atoms with Gasteiger partial charge in [-0.2, -0.15) is 5.26 Å². The average Bonchev–Trinajstić information content (AvgIpc) is 2.73. The van der Waals surface area contributed by atoms with Crippen LogP contribution in [0.5, 0.6) is 0 Å². The van der Waals surface area contributed by atoms with Crippen molar-refractivity contribution >= 4 is 17.5 Å². The molecule has 0 unspecified atom stereocenters. The van der Waals surface area contributed by atoms with Gasteiger partial charge in [-0.1, -0.05) is 18.7 Å². The summed E-state index contributed by atoms with van der Waals surface area (Å²) in [6.45, 7) is 7.04. The quantitative estimate of drug-likeness (QED) is 0.794. The van der Waals surface area contributed by atoms with Crippen LogP contribution < -0.4 is 5.32 Å². The third-order valence-corrected chi connectivity index (χ3v) is 4.80. The van der Waals surface area contributed by atoms with Crippen LogP contribution in [0, 0.1) is 17.1 Å². The highest BCUT2D eigenvalue weighted by molar-refractivity contribution is 6.05. The van der Waals surface area contributed by atoms with Crippen molar-refractivity contribution in [3.8, 4) is 6.07 Å². The molecule has 2 aromatic carbocycles. The minimum atomic E-state index is -0.560. The summed E-state index contributed by atoms with van der Waals surface area (Å²) in [6.07, 6.45) is 1.33. The van der Waals surface area contributed by atoms with Gasteiger partial charge in [0.25, 0.3) is 5.91 Å². The van der Waals surface area contributed by atoms with Crippen molar-refractivity contribution in [2.45, 2.75) is 6.54 Å². The highest BCUT2D eigenvalue weighted by Crippen LogP contribution is 2.17. The minimum absolute atomic E-state index is 0.00871. The Hall–Kier alpha value is -3.50. The van der Waals surface area contributed by atoms with E-state index in [0.29, 0.717) is 25.3 Å². The lowest BCUT2D eigenvalue weighted by Gasteiger charge is -2.34. The van der Waals surface area contributed by atoms with Gasteiger partial charge in [-0.05, 0) is 42.0 Å². The minimum Gasteiger partial charge on any atom is -0.337 e. The maximum absolute atomic E-state index is 13.3. The van der Waals surface area contributed by atoms with Crippen LogP contribution in [0.3, 0.4) is 0 Å². The summed E-state index contributed by atoms with van der Waals surface area (Å²) in [5, 5.41) is 11.9. The summed E-state index contributed by atoms with van der Waals surface area (Å²) in [5.74, 6) is -1.07. The number of hydrogen-bond acceptors (Lipinski definition) is 4. The van der Waals surface area contributed by atoms with Gasteiger partial charge in [0.1, 0.15) is 11.9 Å². The van der Waals surface area contributed by atoms with E-state index in [1.165, 1.54) is 12.1 Å². The molecule has 0 spiro atoms. The van der Waals surface area contributed by atoms with Gasteiger partial charge in [-0.25, -0.2) is 4.39 Å². The molecule has 0 aliphatic carbocycles. The number of benzene rings is 2. The molecule has 1 heterocycles. The molecule has 6 nitrogen and oxygen atoms in total. The summed E-state index contributed by atoms with van der Waals surface area (Å²) < 4.78 is 13.3. The fourth-order valence-electron chi connectivity index (χ4n) is 3.27. The number of rotatable bonds is 5. The molecule has 0 bridgehead atoms. The van der Waals surface area contributed by atoms with Crippen LogP contribution in [0.1, 0.15) is 21.5 Å². The number of nitrogens with zero attached hydrogens (tertiary/aromatic N) is 3. The highest BCUT2D eigenvalue weighted by atomic mass is 19.1. The summed E-state index contributed by atoms with van der Waals surface area (Å²) in [5.41, 5.74) is 1.74. The number of carbonyl (C=O) groups is 2. The summed E-state index contributed by atoms with van der Waals surface area (Å²) in [4.78, 5) is 28.2. The molecule has 0 radical (unpaired) electrons. The number of nitriles is 1. The van der Waals surface area contributed by atoms with Crippen LogP contribution in [0.15, 0.2) is 55.1 Å². The normalized spacial score (nSPS) is 14.1. The summed E-state index contributed by atoms with van der Waals surface area (Å²) in [7, 11) is 0. The molecule has 1 aliphatic heterocycles. The van der Waals surface area contributed by atoms with Crippen LogP contribution in [0.2, 0.25) is 0 Å². The van der Waals surface area contributed by atoms with Gasteiger partial charge in [-0.15, -0.1) is 0 Å². The third-order valence-electron chi connectivity index (χ3n) is 4.80. The second kappa shape index (κ2) is 9.13. The largest absolute Gasteiger partial charge is 0.337 e. The zero-order valence-corrected chi connectivity index (χ0v) is 15.9. The molecular weight excluding hydrogens is 371 g/mol. The van der Waals surface area contributed by atoms with Crippen molar-refractivity contribution in [1.82, 2.24) is 9.80 Å². The lowest BCUT2D eigenvalue weighted by atomic mass is 10.1. The topological polar surface area (TPSA) is 76.4 Å². The first-order valence-electron chi connectivity index (χ1n) is 9.24.